The van der Waals surface area contributed by atoms with Gasteiger partial charge in [0.2, 0.25) is 5.91 Å². The van der Waals surface area contributed by atoms with E-state index >= 15 is 0 Å². The van der Waals surface area contributed by atoms with E-state index in [1.807, 2.05) is 4.90 Å². The van der Waals surface area contributed by atoms with E-state index < -0.39 is 12.4 Å². The summed E-state index contributed by atoms with van der Waals surface area (Å²) in [4.78, 5) is 20.2. The number of alkyl halides is 2. The van der Waals surface area contributed by atoms with Crippen LogP contribution >= 0.6 is 24.0 Å². The van der Waals surface area contributed by atoms with Crippen LogP contribution in [0.1, 0.15) is 18.4 Å². The fourth-order valence-electron chi connectivity index (χ4n) is 3.24. The number of hydrogen-bond donors (Lipinski definition) is 2. The van der Waals surface area contributed by atoms with Crippen molar-refractivity contribution in [2.24, 2.45) is 4.99 Å². The topological polar surface area (TPSA) is 69.2 Å². The van der Waals surface area contributed by atoms with Gasteiger partial charge in [-0.15, -0.1) is 24.0 Å². The molecule has 30 heavy (non-hydrogen) atoms. The molecule has 1 amide bonds. The number of aliphatic imine (C=N–C) groups is 1. The Labute approximate surface area is 191 Å². The van der Waals surface area contributed by atoms with Gasteiger partial charge in [0.15, 0.2) is 5.96 Å². The molecule has 0 atom stereocenters. The smallest absolute Gasteiger partial charge is 0.387 e. The third-order valence-corrected chi connectivity index (χ3v) is 4.91. The van der Waals surface area contributed by atoms with Crippen LogP contribution in [0.2, 0.25) is 0 Å². The molecule has 168 valence electrons. The minimum atomic E-state index is -3.03. The molecule has 1 saturated carbocycles. The summed E-state index contributed by atoms with van der Waals surface area (Å²) < 4.78 is 43.6. The number of amides is 1. The Balaban J connectivity index is 0.00000320. The normalized spacial score (nSPS) is 17.5. The predicted molar refractivity (Wildman–Crippen MR) is 118 cm³/mol. The zero-order valence-electron chi connectivity index (χ0n) is 16.7. The third-order valence-electron chi connectivity index (χ3n) is 4.91. The summed E-state index contributed by atoms with van der Waals surface area (Å²) in [6.07, 6.45) is 2.13. The highest BCUT2D eigenvalue weighted by Crippen LogP contribution is 2.23. The molecule has 1 aliphatic heterocycles. The second kappa shape index (κ2) is 11.6. The quantitative estimate of drug-likeness (QED) is 0.314. The Morgan fingerprint density at radius 1 is 1.27 bits per heavy atom. The zero-order valence-corrected chi connectivity index (χ0v) is 19.1. The van der Waals surface area contributed by atoms with Crippen LogP contribution in [0.5, 0.6) is 5.75 Å². The van der Waals surface area contributed by atoms with Gasteiger partial charge in [-0.2, -0.15) is 8.78 Å². The number of guanidine groups is 1. The highest BCUT2D eigenvalue weighted by atomic mass is 127. The lowest BCUT2D eigenvalue weighted by atomic mass is 10.2. The van der Waals surface area contributed by atoms with Crippen LogP contribution in [-0.4, -0.2) is 74.1 Å². The number of nitrogens with zero attached hydrogens (tertiary/aromatic N) is 3. The summed E-state index contributed by atoms with van der Waals surface area (Å²) in [6, 6.07) is 4.18. The molecule has 1 heterocycles. The summed E-state index contributed by atoms with van der Waals surface area (Å²) in [5.74, 6) is -0.236. The van der Waals surface area contributed by atoms with E-state index in [9.17, 15) is 18.0 Å². The maximum atomic E-state index is 14.1. The lowest BCUT2D eigenvalue weighted by Crippen LogP contribution is -2.54. The molecule has 7 nitrogen and oxygen atoms in total. The van der Waals surface area contributed by atoms with Gasteiger partial charge in [-0.1, -0.05) is 6.07 Å². The van der Waals surface area contributed by atoms with Gasteiger partial charge in [0.05, 0.1) is 6.54 Å². The van der Waals surface area contributed by atoms with Crippen LogP contribution in [0.4, 0.5) is 13.2 Å². The van der Waals surface area contributed by atoms with Crippen molar-refractivity contribution in [1.29, 1.82) is 0 Å². The Bertz CT molecular complexity index is 741. The summed E-state index contributed by atoms with van der Waals surface area (Å²) >= 11 is 0. The molecule has 2 fully saturated rings. The number of halogens is 4. The number of rotatable bonds is 7. The second-order valence-corrected chi connectivity index (χ2v) is 7.10. The number of hydrogen-bond acceptors (Lipinski definition) is 4. The second-order valence-electron chi connectivity index (χ2n) is 7.10. The third kappa shape index (κ3) is 7.18. The first-order chi connectivity index (χ1) is 14.0. The number of ether oxygens (including phenoxy) is 1. The Morgan fingerprint density at radius 2 is 1.97 bits per heavy atom. The van der Waals surface area contributed by atoms with E-state index in [2.05, 4.69) is 25.3 Å². The summed E-state index contributed by atoms with van der Waals surface area (Å²) in [7, 11) is 1.61. The Kier molecular flexibility index (Phi) is 9.46. The average Bonchev–Trinajstić information content (AvgIpc) is 3.48. The summed E-state index contributed by atoms with van der Waals surface area (Å²) in [5.41, 5.74) is 0.0179. The number of carbonyl (C=O) groups excluding carboxylic acids is 1. The average molecular weight is 541 g/mol. The molecule has 0 bridgehead atoms. The van der Waals surface area contributed by atoms with Gasteiger partial charge in [-0.3, -0.25) is 14.7 Å². The number of nitrogens with one attached hydrogen (secondary N) is 2. The monoisotopic (exact) mass is 541 g/mol. The first kappa shape index (κ1) is 24.5. The van der Waals surface area contributed by atoms with Crippen LogP contribution in [-0.2, 0) is 11.3 Å². The molecule has 1 aromatic carbocycles. The molecular weight excluding hydrogens is 514 g/mol. The molecule has 11 heteroatoms. The largest absolute Gasteiger partial charge is 0.434 e. The predicted octanol–water partition coefficient (Wildman–Crippen LogP) is 2.02. The van der Waals surface area contributed by atoms with Crippen LogP contribution in [0, 0.1) is 5.82 Å². The van der Waals surface area contributed by atoms with Crippen molar-refractivity contribution in [3.05, 3.63) is 29.6 Å². The Hall–Kier alpha value is -1.76. The molecule has 2 N–H and O–H groups in total. The van der Waals surface area contributed by atoms with Crippen molar-refractivity contribution in [1.82, 2.24) is 20.4 Å². The number of piperazine rings is 1. The molecule has 1 aromatic rings. The molecule has 0 aromatic heterocycles. The summed E-state index contributed by atoms with van der Waals surface area (Å²) in [5, 5.41) is 5.99. The standard InChI is InChI=1S/C19H26F3N5O2.HI/c1-23-19(24-11-14-15(20)3-2-4-16(14)29-18(21)22)27-9-7-26(8-10-27)12-17(28)25-13-5-6-13;/h2-4,13,18H,5-12H2,1H3,(H,23,24)(H,25,28);1H. The van der Waals surface area contributed by atoms with E-state index in [0.717, 1.165) is 12.8 Å². The van der Waals surface area contributed by atoms with E-state index in [-0.39, 0.29) is 47.7 Å². The van der Waals surface area contributed by atoms with Gasteiger partial charge in [0, 0.05) is 51.4 Å². The van der Waals surface area contributed by atoms with E-state index in [1.165, 1.54) is 18.2 Å². The fraction of sp³-hybridized carbons (Fsp3) is 0.579. The van der Waals surface area contributed by atoms with Gasteiger partial charge in [-0.05, 0) is 25.0 Å². The molecule has 2 aliphatic rings. The molecule has 3 rings (SSSR count). The molecule has 0 radical (unpaired) electrons. The van der Waals surface area contributed by atoms with E-state index in [4.69, 9.17) is 0 Å². The molecular formula is C19H27F3IN5O2. The zero-order chi connectivity index (χ0) is 20.8. The molecule has 1 aliphatic carbocycles. The summed E-state index contributed by atoms with van der Waals surface area (Å²) in [6.45, 7) is -0.00999. The first-order valence-corrected chi connectivity index (χ1v) is 9.65. The van der Waals surface area contributed by atoms with Gasteiger partial charge < -0.3 is 20.3 Å². The van der Waals surface area contributed by atoms with Gasteiger partial charge in [-0.25, -0.2) is 4.39 Å². The van der Waals surface area contributed by atoms with Crippen LogP contribution in [0.15, 0.2) is 23.2 Å². The van der Waals surface area contributed by atoms with E-state index in [1.54, 1.807) is 7.05 Å². The van der Waals surface area contributed by atoms with Crippen molar-refractivity contribution in [3.63, 3.8) is 0 Å². The van der Waals surface area contributed by atoms with Crippen molar-refractivity contribution in [2.75, 3.05) is 39.8 Å². The van der Waals surface area contributed by atoms with Crippen molar-refractivity contribution in [3.8, 4) is 5.75 Å². The Morgan fingerprint density at radius 3 is 2.57 bits per heavy atom. The van der Waals surface area contributed by atoms with Crippen LogP contribution in [0.25, 0.3) is 0 Å². The van der Waals surface area contributed by atoms with Gasteiger partial charge >= 0.3 is 6.61 Å². The minimum Gasteiger partial charge on any atom is -0.434 e. The van der Waals surface area contributed by atoms with Crippen molar-refractivity contribution >= 4 is 35.8 Å². The maximum absolute atomic E-state index is 14.1. The number of carbonyl (C=O) groups is 1. The highest BCUT2D eigenvalue weighted by molar-refractivity contribution is 14.0. The number of benzene rings is 1. The van der Waals surface area contributed by atoms with Crippen molar-refractivity contribution in [2.45, 2.75) is 32.0 Å². The SMILES string of the molecule is CN=C(NCc1c(F)cccc1OC(F)F)N1CCN(CC(=O)NC2CC2)CC1.I. The maximum Gasteiger partial charge on any atom is 0.387 e. The van der Waals surface area contributed by atoms with Crippen molar-refractivity contribution < 1.29 is 22.7 Å². The lowest BCUT2D eigenvalue weighted by Gasteiger charge is -2.36. The molecule has 1 saturated heterocycles. The lowest BCUT2D eigenvalue weighted by molar-refractivity contribution is -0.122. The minimum absolute atomic E-state index is 0. The first-order valence-electron chi connectivity index (χ1n) is 9.65. The molecule has 0 spiro atoms. The fourth-order valence-corrected chi connectivity index (χ4v) is 3.24. The highest BCUT2D eigenvalue weighted by Gasteiger charge is 2.26. The molecule has 0 unspecified atom stereocenters. The van der Waals surface area contributed by atoms with E-state index in [0.29, 0.717) is 44.7 Å². The van der Waals surface area contributed by atoms with Gasteiger partial charge in [0.1, 0.15) is 11.6 Å². The van der Waals surface area contributed by atoms with Crippen LogP contribution in [0.3, 0.4) is 0 Å². The van der Waals surface area contributed by atoms with Crippen LogP contribution < -0.4 is 15.4 Å². The van der Waals surface area contributed by atoms with Gasteiger partial charge in [0.25, 0.3) is 0 Å².